The summed E-state index contributed by atoms with van der Waals surface area (Å²) in [7, 11) is 1.97. The summed E-state index contributed by atoms with van der Waals surface area (Å²) in [5.74, 6) is 1.48. The van der Waals surface area contributed by atoms with Crippen LogP contribution in [0.25, 0.3) is 0 Å². The molecular weight excluding hydrogens is 262 g/mol. The molecular formula is C18H27NO2. The monoisotopic (exact) mass is 289 g/mol. The number of ketones is 1. The van der Waals surface area contributed by atoms with Crippen LogP contribution in [-0.4, -0.2) is 44.0 Å². The number of Topliss-reactive ketones (excluding diaryl/α,β-unsaturated/α-hetero) is 1. The van der Waals surface area contributed by atoms with Crippen LogP contribution in [0.15, 0.2) is 24.3 Å². The van der Waals surface area contributed by atoms with E-state index in [1.54, 1.807) is 0 Å². The van der Waals surface area contributed by atoms with Gasteiger partial charge in [-0.2, -0.15) is 0 Å². The molecule has 0 bridgehead atoms. The van der Waals surface area contributed by atoms with Gasteiger partial charge in [0.25, 0.3) is 0 Å². The summed E-state index contributed by atoms with van der Waals surface area (Å²) in [5.41, 5.74) is 2.07. The molecule has 1 aliphatic carbocycles. The van der Waals surface area contributed by atoms with Crippen LogP contribution < -0.4 is 0 Å². The van der Waals surface area contributed by atoms with Crippen LogP contribution in [0.5, 0.6) is 0 Å². The molecule has 0 unspecified atom stereocenters. The van der Waals surface area contributed by atoms with Crippen LogP contribution in [0.3, 0.4) is 0 Å². The highest BCUT2D eigenvalue weighted by Crippen LogP contribution is 2.28. The van der Waals surface area contributed by atoms with Crippen molar-refractivity contribution in [1.82, 2.24) is 4.90 Å². The van der Waals surface area contributed by atoms with Crippen molar-refractivity contribution in [2.75, 3.05) is 33.4 Å². The van der Waals surface area contributed by atoms with E-state index in [9.17, 15) is 4.79 Å². The minimum atomic E-state index is 0.176. The first-order chi connectivity index (χ1) is 10.1. The van der Waals surface area contributed by atoms with Gasteiger partial charge in [-0.05, 0) is 37.3 Å². The maximum absolute atomic E-state index is 12.2. The molecule has 0 N–H and O–H groups in total. The van der Waals surface area contributed by atoms with Gasteiger partial charge in [0, 0.05) is 18.7 Å². The highest BCUT2D eigenvalue weighted by atomic mass is 16.5. The summed E-state index contributed by atoms with van der Waals surface area (Å²) in [5, 5.41) is 0. The normalized spacial score (nSPS) is 14.9. The van der Waals surface area contributed by atoms with E-state index in [1.165, 1.54) is 18.4 Å². The molecule has 1 saturated carbocycles. The van der Waals surface area contributed by atoms with E-state index >= 15 is 0 Å². The highest BCUT2D eigenvalue weighted by molar-refractivity contribution is 5.97. The molecule has 0 heterocycles. The molecule has 0 radical (unpaired) electrons. The summed E-state index contributed by atoms with van der Waals surface area (Å²) in [4.78, 5) is 14.2. The van der Waals surface area contributed by atoms with Crippen LogP contribution in [0.2, 0.25) is 0 Å². The number of rotatable bonds is 9. The lowest BCUT2D eigenvalue weighted by molar-refractivity contribution is 0.0861. The number of ether oxygens (including phenoxy) is 1. The fourth-order valence-electron chi connectivity index (χ4n) is 2.22. The van der Waals surface area contributed by atoms with Crippen molar-refractivity contribution in [2.45, 2.75) is 32.6 Å². The van der Waals surface area contributed by atoms with Crippen molar-refractivity contribution in [3.63, 3.8) is 0 Å². The molecule has 0 amide bonds. The minimum absolute atomic E-state index is 0.176. The van der Waals surface area contributed by atoms with Gasteiger partial charge in [0.1, 0.15) is 0 Å². The van der Waals surface area contributed by atoms with Crippen molar-refractivity contribution < 1.29 is 9.53 Å². The maximum Gasteiger partial charge on any atom is 0.176 e. The number of hydrogen-bond donors (Lipinski definition) is 0. The summed E-state index contributed by atoms with van der Waals surface area (Å²) in [6.07, 6.45) is 2.64. The minimum Gasteiger partial charge on any atom is -0.380 e. The van der Waals surface area contributed by atoms with E-state index in [2.05, 4.69) is 26.0 Å². The summed E-state index contributed by atoms with van der Waals surface area (Å²) in [6, 6.07) is 7.98. The fourth-order valence-corrected chi connectivity index (χ4v) is 2.22. The first-order valence-electron chi connectivity index (χ1n) is 7.95. The van der Waals surface area contributed by atoms with Gasteiger partial charge in [-0.25, -0.2) is 0 Å². The molecule has 21 heavy (non-hydrogen) atoms. The third-order valence-electron chi connectivity index (χ3n) is 3.98. The molecule has 1 fully saturated rings. The van der Waals surface area contributed by atoms with Crippen LogP contribution in [0, 0.1) is 5.92 Å². The summed E-state index contributed by atoms with van der Waals surface area (Å²) >= 11 is 0. The first-order valence-corrected chi connectivity index (χ1v) is 7.95. The van der Waals surface area contributed by atoms with Crippen LogP contribution in [0.4, 0.5) is 0 Å². The second kappa shape index (κ2) is 7.71. The fraction of sp³-hybridized carbons (Fsp3) is 0.611. The standard InChI is InChI=1S/C18H27NO2/c1-14(2)16-6-8-17(9-7-16)18(20)12-19(3)10-11-21-13-15-4-5-15/h6-9,14-15H,4-5,10-13H2,1-3H3. The number of benzene rings is 1. The zero-order valence-electron chi connectivity index (χ0n) is 13.5. The first kappa shape index (κ1) is 16.2. The number of likely N-dealkylation sites (N-methyl/N-ethyl adjacent to an activating group) is 1. The molecule has 0 spiro atoms. The van der Waals surface area contributed by atoms with E-state index in [1.807, 2.05) is 24.1 Å². The number of carbonyl (C=O) groups excluding carboxylic acids is 1. The Labute approximate surface area is 128 Å². The van der Waals surface area contributed by atoms with E-state index in [0.29, 0.717) is 19.1 Å². The van der Waals surface area contributed by atoms with Gasteiger partial charge in [0.2, 0.25) is 0 Å². The van der Waals surface area contributed by atoms with Crippen LogP contribution in [0.1, 0.15) is 48.5 Å². The van der Waals surface area contributed by atoms with Crippen molar-refractivity contribution in [3.8, 4) is 0 Å². The molecule has 116 valence electrons. The largest absolute Gasteiger partial charge is 0.380 e. The molecule has 1 aliphatic rings. The lowest BCUT2D eigenvalue weighted by atomic mass is 10.0. The van der Waals surface area contributed by atoms with Gasteiger partial charge in [-0.1, -0.05) is 38.1 Å². The average Bonchev–Trinajstić information content (AvgIpc) is 3.28. The van der Waals surface area contributed by atoms with E-state index in [4.69, 9.17) is 4.74 Å². The zero-order chi connectivity index (χ0) is 15.2. The van der Waals surface area contributed by atoms with Gasteiger partial charge < -0.3 is 4.74 Å². The molecule has 3 heteroatoms. The molecule has 1 aromatic carbocycles. The SMILES string of the molecule is CC(C)c1ccc(C(=O)CN(C)CCOCC2CC2)cc1. The van der Waals surface area contributed by atoms with Crippen LogP contribution in [-0.2, 0) is 4.74 Å². The topological polar surface area (TPSA) is 29.5 Å². The van der Waals surface area contributed by atoms with E-state index < -0.39 is 0 Å². The number of nitrogens with zero attached hydrogens (tertiary/aromatic N) is 1. The second-order valence-corrected chi connectivity index (χ2v) is 6.46. The smallest absolute Gasteiger partial charge is 0.176 e. The third kappa shape index (κ3) is 5.60. The quantitative estimate of drug-likeness (QED) is 0.516. The van der Waals surface area contributed by atoms with Gasteiger partial charge in [0.05, 0.1) is 13.2 Å². The Balaban J connectivity index is 1.71. The Morgan fingerprint density at radius 2 is 1.95 bits per heavy atom. The van der Waals surface area contributed by atoms with Crippen molar-refractivity contribution >= 4 is 5.78 Å². The van der Waals surface area contributed by atoms with Gasteiger partial charge in [0.15, 0.2) is 5.78 Å². The predicted octanol–water partition coefficient (Wildman–Crippen LogP) is 3.35. The van der Waals surface area contributed by atoms with Gasteiger partial charge in [-0.15, -0.1) is 0 Å². The van der Waals surface area contributed by atoms with Crippen molar-refractivity contribution in [3.05, 3.63) is 35.4 Å². The third-order valence-corrected chi connectivity index (χ3v) is 3.98. The summed E-state index contributed by atoms with van der Waals surface area (Å²) in [6.45, 7) is 7.18. The van der Waals surface area contributed by atoms with Gasteiger partial charge in [-0.3, -0.25) is 9.69 Å². The zero-order valence-corrected chi connectivity index (χ0v) is 13.5. The van der Waals surface area contributed by atoms with Gasteiger partial charge >= 0.3 is 0 Å². The molecule has 0 aromatic heterocycles. The molecule has 0 aliphatic heterocycles. The Morgan fingerprint density at radius 1 is 1.29 bits per heavy atom. The van der Waals surface area contributed by atoms with Crippen molar-refractivity contribution in [2.24, 2.45) is 5.92 Å². The second-order valence-electron chi connectivity index (χ2n) is 6.46. The Morgan fingerprint density at radius 3 is 2.52 bits per heavy atom. The average molecular weight is 289 g/mol. The predicted molar refractivity (Wildman–Crippen MR) is 85.9 cm³/mol. The molecule has 0 saturated heterocycles. The Bertz CT molecular complexity index is 449. The van der Waals surface area contributed by atoms with Crippen molar-refractivity contribution in [1.29, 1.82) is 0 Å². The maximum atomic E-state index is 12.2. The lowest BCUT2D eigenvalue weighted by Gasteiger charge is -2.16. The molecule has 3 nitrogen and oxygen atoms in total. The van der Waals surface area contributed by atoms with E-state index in [-0.39, 0.29) is 5.78 Å². The van der Waals surface area contributed by atoms with E-state index in [0.717, 1.165) is 24.6 Å². The Kier molecular flexibility index (Phi) is 5.95. The Hall–Kier alpha value is -1.19. The summed E-state index contributed by atoms with van der Waals surface area (Å²) < 4.78 is 5.60. The lowest BCUT2D eigenvalue weighted by Crippen LogP contribution is -2.29. The molecule has 1 aromatic rings. The number of hydrogen-bond acceptors (Lipinski definition) is 3. The highest BCUT2D eigenvalue weighted by Gasteiger charge is 2.21. The van der Waals surface area contributed by atoms with Crippen LogP contribution >= 0.6 is 0 Å². The number of carbonyl (C=O) groups is 1. The molecule has 2 rings (SSSR count). The molecule has 0 atom stereocenters.